The molecule has 0 atom stereocenters. The van der Waals surface area contributed by atoms with Crippen LogP contribution in [0.25, 0.3) is 28.2 Å². The molecule has 0 aliphatic carbocycles. The van der Waals surface area contributed by atoms with Crippen molar-refractivity contribution in [1.29, 1.82) is 0 Å². The minimum Gasteiger partial charge on any atom is -0.309 e. The molecule has 0 saturated carbocycles. The third kappa shape index (κ3) is 3.26. The molecule has 3 aromatic carbocycles. The highest BCUT2D eigenvalue weighted by Gasteiger charge is 2.18. The maximum Gasteiger partial charge on any atom is 0.185 e. The molecule has 1 aromatic heterocycles. The van der Waals surface area contributed by atoms with Crippen LogP contribution in [-0.2, 0) is 0 Å². The minimum absolute atomic E-state index is 0.0341. The number of hydrogen-bond donors (Lipinski definition) is 0. The highest BCUT2D eigenvalue weighted by atomic mass is 79.9. The number of aromatic nitrogens is 1. The SMILES string of the molecule is Cc1c(-c2ccccc2Br)n(-c2ccccc2)c(-c2ccccc2)cc1=O. The Bertz CT molecular complexity index is 1150. The first-order chi connectivity index (χ1) is 13.2. The second-order valence-electron chi connectivity index (χ2n) is 6.38. The Morgan fingerprint density at radius 1 is 0.778 bits per heavy atom. The molecule has 4 aromatic rings. The van der Waals surface area contributed by atoms with Gasteiger partial charge in [-0.15, -0.1) is 0 Å². The van der Waals surface area contributed by atoms with Crippen LogP contribution in [0.2, 0.25) is 0 Å². The van der Waals surface area contributed by atoms with Crippen LogP contribution in [0.4, 0.5) is 0 Å². The predicted molar refractivity (Wildman–Crippen MR) is 115 cm³/mol. The van der Waals surface area contributed by atoms with Crippen molar-refractivity contribution in [3.8, 4) is 28.2 Å². The summed E-state index contributed by atoms with van der Waals surface area (Å²) in [6, 6.07) is 30.0. The highest BCUT2D eigenvalue weighted by Crippen LogP contribution is 2.34. The van der Waals surface area contributed by atoms with E-state index in [4.69, 9.17) is 0 Å². The van der Waals surface area contributed by atoms with Crippen molar-refractivity contribution in [3.05, 3.63) is 111 Å². The molecular weight excluding hydrogens is 398 g/mol. The quantitative estimate of drug-likeness (QED) is 0.387. The molecule has 0 saturated heterocycles. The van der Waals surface area contributed by atoms with Gasteiger partial charge in [0.1, 0.15) is 0 Å². The highest BCUT2D eigenvalue weighted by molar-refractivity contribution is 9.10. The summed E-state index contributed by atoms with van der Waals surface area (Å²) in [4.78, 5) is 12.9. The van der Waals surface area contributed by atoms with E-state index in [1.807, 2.05) is 79.7 Å². The zero-order valence-electron chi connectivity index (χ0n) is 14.9. The van der Waals surface area contributed by atoms with Crippen molar-refractivity contribution in [2.24, 2.45) is 0 Å². The molecule has 0 N–H and O–H groups in total. The average Bonchev–Trinajstić information content (AvgIpc) is 2.71. The topological polar surface area (TPSA) is 22.0 Å². The van der Waals surface area contributed by atoms with Crippen molar-refractivity contribution in [1.82, 2.24) is 4.57 Å². The van der Waals surface area contributed by atoms with E-state index >= 15 is 0 Å². The fourth-order valence-electron chi connectivity index (χ4n) is 3.34. The van der Waals surface area contributed by atoms with Crippen LogP contribution >= 0.6 is 15.9 Å². The molecule has 132 valence electrons. The second-order valence-corrected chi connectivity index (χ2v) is 7.24. The molecule has 0 unspecified atom stereocenters. The molecular formula is C24H18BrNO. The Balaban J connectivity index is 2.17. The van der Waals surface area contributed by atoms with Crippen molar-refractivity contribution in [2.45, 2.75) is 6.92 Å². The third-order valence-corrected chi connectivity index (χ3v) is 5.36. The maximum absolute atomic E-state index is 12.9. The van der Waals surface area contributed by atoms with E-state index < -0.39 is 0 Å². The van der Waals surface area contributed by atoms with Gasteiger partial charge in [-0.3, -0.25) is 4.79 Å². The lowest BCUT2D eigenvalue weighted by molar-refractivity contribution is 1.04. The smallest absolute Gasteiger partial charge is 0.185 e. The van der Waals surface area contributed by atoms with Crippen LogP contribution in [0, 0.1) is 6.92 Å². The van der Waals surface area contributed by atoms with Gasteiger partial charge in [-0.2, -0.15) is 0 Å². The minimum atomic E-state index is 0.0341. The number of pyridine rings is 1. The standard InChI is InChI=1S/C24H18BrNO/c1-17-23(27)16-22(18-10-4-2-5-11-18)26(19-12-6-3-7-13-19)24(17)20-14-8-9-15-21(20)25/h2-16H,1H3. The van der Waals surface area contributed by atoms with Gasteiger partial charge in [0, 0.05) is 27.4 Å². The number of benzene rings is 3. The Hall–Kier alpha value is -2.91. The van der Waals surface area contributed by atoms with E-state index in [2.05, 4.69) is 32.6 Å². The van der Waals surface area contributed by atoms with Gasteiger partial charge in [0.15, 0.2) is 5.43 Å². The summed E-state index contributed by atoms with van der Waals surface area (Å²) >= 11 is 3.66. The Morgan fingerprint density at radius 3 is 2.04 bits per heavy atom. The van der Waals surface area contributed by atoms with Gasteiger partial charge in [-0.05, 0) is 30.7 Å². The van der Waals surface area contributed by atoms with Gasteiger partial charge in [-0.1, -0.05) is 82.7 Å². The summed E-state index contributed by atoms with van der Waals surface area (Å²) in [6.45, 7) is 1.89. The molecule has 4 rings (SSSR count). The van der Waals surface area contributed by atoms with Crippen LogP contribution in [0.5, 0.6) is 0 Å². The molecule has 0 spiro atoms. The fourth-order valence-corrected chi connectivity index (χ4v) is 3.82. The molecule has 0 bridgehead atoms. The van der Waals surface area contributed by atoms with E-state index in [0.29, 0.717) is 0 Å². The monoisotopic (exact) mass is 415 g/mol. The van der Waals surface area contributed by atoms with Crippen molar-refractivity contribution < 1.29 is 0 Å². The van der Waals surface area contributed by atoms with E-state index in [9.17, 15) is 4.79 Å². The summed E-state index contributed by atoms with van der Waals surface area (Å²) in [5.74, 6) is 0. The number of nitrogens with zero attached hydrogens (tertiary/aromatic N) is 1. The van der Waals surface area contributed by atoms with Crippen LogP contribution in [0.1, 0.15) is 5.56 Å². The summed E-state index contributed by atoms with van der Waals surface area (Å²) in [5, 5.41) is 0. The zero-order valence-corrected chi connectivity index (χ0v) is 16.5. The molecule has 1 heterocycles. The van der Waals surface area contributed by atoms with Crippen molar-refractivity contribution in [2.75, 3.05) is 0 Å². The van der Waals surface area contributed by atoms with Gasteiger partial charge in [0.2, 0.25) is 0 Å². The average molecular weight is 416 g/mol. The maximum atomic E-state index is 12.9. The largest absolute Gasteiger partial charge is 0.309 e. The molecule has 27 heavy (non-hydrogen) atoms. The Morgan fingerprint density at radius 2 is 1.37 bits per heavy atom. The molecule has 0 amide bonds. The lowest BCUT2D eigenvalue weighted by Gasteiger charge is -2.22. The molecule has 0 aliphatic rings. The first-order valence-electron chi connectivity index (χ1n) is 8.79. The van der Waals surface area contributed by atoms with Crippen molar-refractivity contribution >= 4 is 15.9 Å². The fraction of sp³-hybridized carbons (Fsp3) is 0.0417. The van der Waals surface area contributed by atoms with E-state index in [-0.39, 0.29) is 5.43 Å². The summed E-state index contributed by atoms with van der Waals surface area (Å²) in [6.07, 6.45) is 0. The Kier molecular flexibility index (Phi) is 4.78. The first kappa shape index (κ1) is 17.5. The zero-order chi connectivity index (χ0) is 18.8. The van der Waals surface area contributed by atoms with Gasteiger partial charge >= 0.3 is 0 Å². The molecule has 2 nitrogen and oxygen atoms in total. The van der Waals surface area contributed by atoms with Gasteiger partial charge < -0.3 is 4.57 Å². The normalized spacial score (nSPS) is 10.7. The van der Waals surface area contributed by atoms with Crippen LogP contribution in [0.3, 0.4) is 0 Å². The number of halogens is 1. The number of hydrogen-bond acceptors (Lipinski definition) is 1. The van der Waals surface area contributed by atoms with Crippen LogP contribution in [0.15, 0.2) is 100 Å². The lowest BCUT2D eigenvalue weighted by Crippen LogP contribution is -2.15. The van der Waals surface area contributed by atoms with Crippen LogP contribution < -0.4 is 5.43 Å². The lowest BCUT2D eigenvalue weighted by atomic mass is 10.0. The number of para-hydroxylation sites is 1. The molecule has 0 aliphatic heterocycles. The van der Waals surface area contributed by atoms with E-state index in [0.717, 1.165) is 38.2 Å². The third-order valence-electron chi connectivity index (χ3n) is 4.67. The molecule has 0 radical (unpaired) electrons. The van der Waals surface area contributed by atoms with Crippen LogP contribution in [-0.4, -0.2) is 4.57 Å². The first-order valence-corrected chi connectivity index (χ1v) is 9.58. The van der Waals surface area contributed by atoms with Gasteiger partial charge in [0.25, 0.3) is 0 Å². The second kappa shape index (κ2) is 7.37. The number of rotatable bonds is 3. The Labute approximate surface area is 166 Å². The summed E-state index contributed by atoms with van der Waals surface area (Å²) in [7, 11) is 0. The predicted octanol–water partition coefficient (Wildman–Crippen LogP) is 6.24. The van der Waals surface area contributed by atoms with Crippen molar-refractivity contribution in [3.63, 3.8) is 0 Å². The van der Waals surface area contributed by atoms with Gasteiger partial charge in [0.05, 0.1) is 11.4 Å². The summed E-state index contributed by atoms with van der Waals surface area (Å²) < 4.78 is 3.13. The van der Waals surface area contributed by atoms with E-state index in [1.165, 1.54) is 0 Å². The molecule has 3 heteroatoms. The van der Waals surface area contributed by atoms with E-state index in [1.54, 1.807) is 6.07 Å². The molecule has 0 fully saturated rings. The summed E-state index contributed by atoms with van der Waals surface area (Å²) in [5.41, 5.74) is 5.56. The van der Waals surface area contributed by atoms with Gasteiger partial charge in [-0.25, -0.2) is 0 Å².